The number of amides is 1. The molecule has 0 aliphatic carbocycles. The highest BCUT2D eigenvalue weighted by atomic mass is 16.5. The Hall–Kier alpha value is -3.35. The standard InChI is InChI=1S/C25H28N2O4/c1-18-8-11-21(12-9-18)27-25(29)17-31-23-13-10-19(14-24(23)30-2)15-26-16-22(28)20-6-4-3-5-7-20/h3-14,22,26,28H,15-17H2,1-2H3,(H,27,29)/t22-/m0/s1. The van der Waals surface area contributed by atoms with E-state index in [4.69, 9.17) is 9.47 Å². The van der Waals surface area contributed by atoms with Gasteiger partial charge in [0.15, 0.2) is 18.1 Å². The lowest BCUT2D eigenvalue weighted by Crippen LogP contribution is -2.21. The SMILES string of the molecule is COc1cc(CNC[C@H](O)c2ccccc2)ccc1OCC(=O)Nc1ccc(C)cc1. The van der Waals surface area contributed by atoms with Crippen LogP contribution in [0.5, 0.6) is 11.5 Å². The summed E-state index contributed by atoms with van der Waals surface area (Å²) in [4.78, 5) is 12.1. The van der Waals surface area contributed by atoms with Gasteiger partial charge in [-0.1, -0.05) is 54.1 Å². The number of methoxy groups -OCH3 is 1. The number of carbonyl (C=O) groups excluding carboxylic acids is 1. The molecule has 3 N–H and O–H groups in total. The number of hydrogen-bond donors (Lipinski definition) is 3. The molecule has 0 radical (unpaired) electrons. The maximum absolute atomic E-state index is 12.1. The van der Waals surface area contributed by atoms with Gasteiger partial charge >= 0.3 is 0 Å². The summed E-state index contributed by atoms with van der Waals surface area (Å²) < 4.78 is 11.1. The molecule has 0 aromatic heterocycles. The fraction of sp³-hybridized carbons (Fsp3) is 0.240. The van der Waals surface area contributed by atoms with Gasteiger partial charge in [0.1, 0.15) is 0 Å². The first-order chi connectivity index (χ1) is 15.0. The third kappa shape index (κ3) is 6.84. The Balaban J connectivity index is 1.49. The first-order valence-electron chi connectivity index (χ1n) is 10.1. The first-order valence-corrected chi connectivity index (χ1v) is 10.1. The molecule has 31 heavy (non-hydrogen) atoms. The minimum atomic E-state index is -0.572. The molecule has 162 valence electrons. The molecule has 1 atom stereocenters. The third-order valence-electron chi connectivity index (χ3n) is 4.77. The molecule has 3 aromatic carbocycles. The zero-order valence-corrected chi connectivity index (χ0v) is 17.8. The van der Waals surface area contributed by atoms with E-state index in [2.05, 4.69) is 10.6 Å². The van der Waals surface area contributed by atoms with Crippen molar-refractivity contribution in [2.75, 3.05) is 25.6 Å². The summed E-state index contributed by atoms with van der Waals surface area (Å²) in [6.07, 6.45) is -0.572. The number of benzene rings is 3. The van der Waals surface area contributed by atoms with Crippen molar-refractivity contribution in [3.05, 3.63) is 89.5 Å². The molecule has 1 amide bonds. The fourth-order valence-corrected chi connectivity index (χ4v) is 3.06. The van der Waals surface area contributed by atoms with Gasteiger partial charge in [0, 0.05) is 18.8 Å². The molecular formula is C25H28N2O4. The summed E-state index contributed by atoms with van der Waals surface area (Å²) in [6, 6.07) is 22.6. The van der Waals surface area contributed by atoms with Gasteiger partial charge < -0.3 is 25.2 Å². The maximum Gasteiger partial charge on any atom is 0.262 e. The highest BCUT2D eigenvalue weighted by Gasteiger charge is 2.10. The van der Waals surface area contributed by atoms with Crippen molar-refractivity contribution in [1.82, 2.24) is 5.32 Å². The molecule has 0 heterocycles. The van der Waals surface area contributed by atoms with Crippen molar-refractivity contribution in [1.29, 1.82) is 0 Å². The number of aliphatic hydroxyl groups is 1. The van der Waals surface area contributed by atoms with Crippen molar-refractivity contribution in [3.8, 4) is 11.5 Å². The average Bonchev–Trinajstić information content (AvgIpc) is 2.80. The zero-order valence-electron chi connectivity index (χ0n) is 17.8. The Morgan fingerprint density at radius 3 is 2.45 bits per heavy atom. The van der Waals surface area contributed by atoms with E-state index < -0.39 is 6.10 Å². The predicted molar refractivity (Wildman–Crippen MR) is 121 cm³/mol. The second-order valence-corrected chi connectivity index (χ2v) is 7.25. The summed E-state index contributed by atoms with van der Waals surface area (Å²) in [7, 11) is 1.56. The molecule has 0 bridgehead atoms. The van der Waals surface area contributed by atoms with E-state index in [1.807, 2.05) is 73.7 Å². The van der Waals surface area contributed by atoms with Crippen LogP contribution in [-0.2, 0) is 11.3 Å². The Bertz CT molecular complexity index is 975. The van der Waals surface area contributed by atoms with Gasteiger partial charge in [-0.2, -0.15) is 0 Å². The molecule has 0 aliphatic heterocycles. The largest absolute Gasteiger partial charge is 0.493 e. The van der Waals surface area contributed by atoms with Gasteiger partial charge in [-0.05, 0) is 42.3 Å². The highest BCUT2D eigenvalue weighted by molar-refractivity contribution is 5.91. The summed E-state index contributed by atoms with van der Waals surface area (Å²) in [6.45, 7) is 2.87. The first kappa shape index (κ1) is 22.3. The molecule has 3 aromatic rings. The van der Waals surface area contributed by atoms with Crippen molar-refractivity contribution in [3.63, 3.8) is 0 Å². The molecule has 0 saturated heterocycles. The average molecular weight is 421 g/mol. The van der Waals surface area contributed by atoms with Crippen LogP contribution in [0, 0.1) is 6.92 Å². The number of hydrogen-bond acceptors (Lipinski definition) is 5. The number of ether oxygens (including phenoxy) is 2. The fourth-order valence-electron chi connectivity index (χ4n) is 3.06. The number of rotatable bonds is 10. The molecule has 0 spiro atoms. The second-order valence-electron chi connectivity index (χ2n) is 7.25. The lowest BCUT2D eigenvalue weighted by atomic mass is 10.1. The molecule has 0 aliphatic rings. The van der Waals surface area contributed by atoms with Gasteiger partial charge in [-0.25, -0.2) is 0 Å². The molecule has 0 fully saturated rings. The number of aryl methyl sites for hydroxylation is 1. The van der Waals surface area contributed by atoms with Crippen LogP contribution in [0.15, 0.2) is 72.8 Å². The van der Waals surface area contributed by atoms with E-state index in [0.29, 0.717) is 24.6 Å². The molecule has 0 unspecified atom stereocenters. The van der Waals surface area contributed by atoms with Crippen LogP contribution in [-0.4, -0.2) is 31.3 Å². The van der Waals surface area contributed by atoms with Crippen molar-refractivity contribution < 1.29 is 19.4 Å². The van der Waals surface area contributed by atoms with Crippen molar-refractivity contribution in [2.24, 2.45) is 0 Å². The maximum atomic E-state index is 12.1. The Labute approximate surface area is 182 Å². The Morgan fingerprint density at radius 1 is 1.00 bits per heavy atom. The molecule has 3 rings (SSSR count). The van der Waals surface area contributed by atoms with E-state index in [0.717, 1.165) is 22.4 Å². The Morgan fingerprint density at radius 2 is 1.74 bits per heavy atom. The van der Waals surface area contributed by atoms with Gasteiger partial charge in [-0.15, -0.1) is 0 Å². The van der Waals surface area contributed by atoms with Crippen molar-refractivity contribution in [2.45, 2.75) is 19.6 Å². The van der Waals surface area contributed by atoms with Crippen LogP contribution in [0.2, 0.25) is 0 Å². The van der Waals surface area contributed by atoms with Crippen LogP contribution < -0.4 is 20.1 Å². The summed E-state index contributed by atoms with van der Waals surface area (Å²) in [5, 5.41) is 16.3. The molecular weight excluding hydrogens is 392 g/mol. The predicted octanol–water partition coefficient (Wildman–Crippen LogP) is 3.84. The van der Waals surface area contributed by atoms with E-state index in [-0.39, 0.29) is 12.5 Å². The van der Waals surface area contributed by atoms with Crippen LogP contribution in [0.1, 0.15) is 22.8 Å². The second kappa shape index (κ2) is 11.2. The van der Waals surface area contributed by atoms with Crippen LogP contribution in [0.3, 0.4) is 0 Å². The van der Waals surface area contributed by atoms with Crippen molar-refractivity contribution >= 4 is 11.6 Å². The van der Waals surface area contributed by atoms with E-state index in [1.54, 1.807) is 13.2 Å². The lowest BCUT2D eigenvalue weighted by Gasteiger charge is -2.14. The summed E-state index contributed by atoms with van der Waals surface area (Å²) >= 11 is 0. The Kier molecular flexibility index (Phi) is 8.04. The summed E-state index contributed by atoms with van der Waals surface area (Å²) in [5.41, 5.74) is 3.71. The molecule has 0 saturated carbocycles. The van der Waals surface area contributed by atoms with E-state index in [1.165, 1.54) is 0 Å². The minimum Gasteiger partial charge on any atom is -0.493 e. The van der Waals surface area contributed by atoms with Gasteiger partial charge in [0.25, 0.3) is 5.91 Å². The van der Waals surface area contributed by atoms with Gasteiger partial charge in [-0.3, -0.25) is 4.79 Å². The number of nitrogens with one attached hydrogen (secondary N) is 2. The monoisotopic (exact) mass is 420 g/mol. The minimum absolute atomic E-state index is 0.120. The molecule has 6 heteroatoms. The topological polar surface area (TPSA) is 79.8 Å². The van der Waals surface area contributed by atoms with Crippen LogP contribution >= 0.6 is 0 Å². The quantitative estimate of drug-likeness (QED) is 0.464. The normalized spacial score (nSPS) is 11.6. The van der Waals surface area contributed by atoms with E-state index in [9.17, 15) is 9.90 Å². The zero-order chi connectivity index (χ0) is 22.1. The molecule has 6 nitrogen and oxygen atoms in total. The number of anilines is 1. The highest BCUT2D eigenvalue weighted by Crippen LogP contribution is 2.28. The lowest BCUT2D eigenvalue weighted by molar-refractivity contribution is -0.118. The number of aliphatic hydroxyl groups excluding tert-OH is 1. The van der Waals surface area contributed by atoms with Crippen LogP contribution in [0.4, 0.5) is 5.69 Å². The smallest absolute Gasteiger partial charge is 0.262 e. The third-order valence-corrected chi connectivity index (χ3v) is 4.77. The van der Waals surface area contributed by atoms with Crippen LogP contribution in [0.25, 0.3) is 0 Å². The van der Waals surface area contributed by atoms with Gasteiger partial charge in [0.2, 0.25) is 0 Å². The number of carbonyl (C=O) groups is 1. The summed E-state index contributed by atoms with van der Waals surface area (Å²) in [5.74, 6) is 0.798. The van der Waals surface area contributed by atoms with E-state index >= 15 is 0 Å². The van der Waals surface area contributed by atoms with Gasteiger partial charge in [0.05, 0.1) is 13.2 Å².